The Labute approximate surface area is 255 Å². The van der Waals surface area contributed by atoms with Crippen LogP contribution in [0.4, 0.5) is 0 Å². The van der Waals surface area contributed by atoms with E-state index in [1.54, 1.807) is 11.1 Å². The van der Waals surface area contributed by atoms with Gasteiger partial charge in [0.25, 0.3) is 0 Å². The van der Waals surface area contributed by atoms with E-state index in [9.17, 15) is 0 Å². The first-order valence-electron chi connectivity index (χ1n) is 15.6. The van der Waals surface area contributed by atoms with Gasteiger partial charge in [0.1, 0.15) is 0 Å². The minimum atomic E-state index is -4.10. The van der Waals surface area contributed by atoms with E-state index < -0.39 is 22.6 Å². The van der Waals surface area contributed by atoms with Crippen molar-refractivity contribution in [1.82, 2.24) is 0 Å². The van der Waals surface area contributed by atoms with E-state index in [2.05, 4.69) is 172 Å². The van der Waals surface area contributed by atoms with Gasteiger partial charge in [-0.1, -0.05) is 0 Å². The maximum atomic E-state index is 2.89. The number of benzene rings is 4. The van der Waals surface area contributed by atoms with Crippen molar-refractivity contribution in [2.24, 2.45) is 0 Å². The first-order valence-corrected chi connectivity index (χ1v) is 33.8. The fourth-order valence-corrected chi connectivity index (χ4v) is 94.4. The Kier molecular flexibility index (Phi) is 7.22. The van der Waals surface area contributed by atoms with Crippen LogP contribution >= 0.6 is 0 Å². The molecule has 2 aliphatic carbocycles. The number of hydrogen-bond acceptors (Lipinski definition) is 0. The number of allylic oxidation sites excluding steroid dienone is 2. The Morgan fingerprint density at radius 2 is 0.881 bits per heavy atom. The molecule has 0 N–H and O–H groups in total. The molecule has 2 unspecified atom stereocenters. The summed E-state index contributed by atoms with van der Waals surface area (Å²) in [7, 11) is 0. The van der Waals surface area contributed by atoms with Gasteiger partial charge in [-0.05, 0) is 0 Å². The zero-order valence-corrected chi connectivity index (χ0v) is 31.3. The summed E-state index contributed by atoms with van der Waals surface area (Å²) in [5.41, 5.74) is 10.5. The van der Waals surface area contributed by atoms with E-state index in [4.69, 9.17) is 0 Å². The summed E-state index contributed by atoms with van der Waals surface area (Å²) in [5.74, 6) is 0. The van der Waals surface area contributed by atoms with Crippen molar-refractivity contribution < 1.29 is 17.1 Å². The molecule has 214 valence electrons. The molecule has 4 aromatic rings. The van der Waals surface area contributed by atoms with Crippen LogP contribution in [0, 0.1) is 0 Å². The Hall–Kier alpha value is -2.55. The SMILES string of the molecule is CC(C)(C)[Si](C(C)(C)C)=[Hf]([CH3])([CH3])([CH]1C=Cc2c(-c3ccccc3)cccc21)[CH]1C=Cc2c(-c3ccccc3)cccc21. The van der Waals surface area contributed by atoms with Crippen LogP contribution in [0.15, 0.2) is 109 Å². The van der Waals surface area contributed by atoms with Gasteiger partial charge in [-0.2, -0.15) is 0 Å². The van der Waals surface area contributed by atoms with Crippen molar-refractivity contribution in [3.05, 3.63) is 131 Å². The monoisotopic (exact) mass is 734 g/mol. The molecule has 0 bridgehead atoms. The Bertz CT molecular complexity index is 1660. The molecule has 42 heavy (non-hydrogen) atoms. The van der Waals surface area contributed by atoms with Crippen molar-refractivity contribution >= 4 is 17.6 Å². The van der Waals surface area contributed by atoms with E-state index >= 15 is 0 Å². The average molecular weight is 733 g/mol. The maximum absolute atomic E-state index is 4.10. The molecule has 0 aromatic heterocycles. The average Bonchev–Trinajstić information content (AvgIpc) is 3.58. The van der Waals surface area contributed by atoms with Gasteiger partial charge < -0.3 is 0 Å². The molecule has 6 rings (SSSR count). The van der Waals surface area contributed by atoms with Crippen LogP contribution in [0.3, 0.4) is 0 Å². The van der Waals surface area contributed by atoms with E-state index in [0.29, 0.717) is 7.35 Å². The summed E-state index contributed by atoms with van der Waals surface area (Å²) < 4.78 is 6.80. The van der Waals surface area contributed by atoms with Gasteiger partial charge in [0.15, 0.2) is 0 Å². The fraction of sp³-hybridized carbons (Fsp3) is 0.300. The standard InChI is InChI=1S/2C15H11.C8H18Si.2CH3.Hf/c2*1-2-6-12(7-3-1)14-10-4-8-13-9-5-11-15(13)14;1-7(2,3)9-8(4,5)6;;;/h2*1-11H;1-6H3;2*1H3;. The molecule has 0 nitrogen and oxygen atoms in total. The molecular formula is C40H46HfSi. The van der Waals surface area contributed by atoms with Crippen LogP contribution in [0.2, 0.25) is 19.4 Å². The molecule has 0 fully saturated rings. The van der Waals surface area contributed by atoms with Gasteiger partial charge in [0.2, 0.25) is 0 Å². The third-order valence-corrected chi connectivity index (χ3v) is 70.4. The zero-order valence-electron chi connectivity index (χ0n) is 26.7. The van der Waals surface area contributed by atoms with E-state index in [0.717, 1.165) is 0 Å². The van der Waals surface area contributed by atoms with Gasteiger partial charge >= 0.3 is 257 Å². The number of rotatable bonds is 4. The molecule has 2 aliphatic rings. The molecule has 2 heteroatoms. The normalized spacial score (nSPS) is 18.2. The first kappa shape index (κ1) is 29.5. The van der Waals surface area contributed by atoms with Gasteiger partial charge in [-0.25, -0.2) is 0 Å². The van der Waals surface area contributed by atoms with Crippen molar-refractivity contribution in [1.29, 1.82) is 0 Å². The Balaban J connectivity index is 1.67. The number of hydrogen-bond donors (Lipinski definition) is 0. The van der Waals surface area contributed by atoms with Crippen LogP contribution in [0.1, 0.15) is 71.1 Å². The molecule has 2 atom stereocenters. The molecule has 0 amide bonds. The Morgan fingerprint density at radius 3 is 1.24 bits per heavy atom. The summed E-state index contributed by atoms with van der Waals surface area (Å²) in [6.07, 6.45) is 10.3. The molecule has 0 aliphatic heterocycles. The topological polar surface area (TPSA) is 0 Å². The van der Waals surface area contributed by atoms with Gasteiger partial charge in [-0.15, -0.1) is 0 Å². The molecule has 0 radical (unpaired) electrons. The summed E-state index contributed by atoms with van der Waals surface area (Å²) in [6, 6.07) is 36.2. The minimum absolute atomic E-state index is 0.267. The zero-order chi connectivity index (χ0) is 29.9. The molecule has 0 spiro atoms. The van der Waals surface area contributed by atoms with Gasteiger partial charge in [0.05, 0.1) is 0 Å². The molecular weight excluding hydrogens is 687 g/mol. The van der Waals surface area contributed by atoms with Crippen molar-refractivity contribution in [2.45, 2.75) is 68.3 Å². The number of fused-ring (bicyclic) bond motifs is 2. The molecule has 0 saturated carbocycles. The van der Waals surface area contributed by atoms with E-state index in [1.807, 2.05) is 0 Å². The molecule has 0 heterocycles. The molecule has 4 aromatic carbocycles. The second-order valence-corrected chi connectivity index (χ2v) is 60.8. The van der Waals surface area contributed by atoms with E-state index in [1.165, 1.54) is 33.4 Å². The van der Waals surface area contributed by atoms with Gasteiger partial charge in [-0.3, -0.25) is 0 Å². The second kappa shape index (κ2) is 10.3. The molecule has 0 saturated heterocycles. The summed E-state index contributed by atoms with van der Waals surface area (Å²) in [4.78, 5) is 0. The van der Waals surface area contributed by atoms with Crippen molar-refractivity contribution in [3.8, 4) is 22.3 Å². The van der Waals surface area contributed by atoms with Crippen molar-refractivity contribution in [2.75, 3.05) is 0 Å². The van der Waals surface area contributed by atoms with Crippen LogP contribution in [-0.4, -0.2) is 5.49 Å². The van der Waals surface area contributed by atoms with Crippen LogP contribution in [0.5, 0.6) is 0 Å². The summed E-state index contributed by atoms with van der Waals surface area (Å²) in [6.45, 7) is 15.4. The summed E-state index contributed by atoms with van der Waals surface area (Å²) in [5, 5.41) is 0.534. The van der Waals surface area contributed by atoms with Crippen molar-refractivity contribution in [3.63, 3.8) is 0 Å². The second-order valence-electron chi connectivity index (χ2n) is 15.5. The fourth-order valence-electron chi connectivity index (χ4n) is 9.96. The van der Waals surface area contributed by atoms with E-state index in [-0.39, 0.29) is 10.1 Å². The van der Waals surface area contributed by atoms with Crippen LogP contribution in [-0.2, 0) is 17.1 Å². The van der Waals surface area contributed by atoms with Crippen LogP contribution < -0.4 is 0 Å². The quantitative estimate of drug-likeness (QED) is 0.183. The third-order valence-electron chi connectivity index (χ3n) is 10.2. The first-order chi connectivity index (χ1) is 19.8. The summed E-state index contributed by atoms with van der Waals surface area (Å²) >= 11 is -4.10. The van der Waals surface area contributed by atoms with Crippen LogP contribution in [0.25, 0.3) is 34.4 Å². The Morgan fingerprint density at radius 1 is 0.500 bits per heavy atom. The van der Waals surface area contributed by atoms with Gasteiger partial charge in [0, 0.05) is 0 Å². The predicted molar refractivity (Wildman–Crippen MR) is 184 cm³/mol. The predicted octanol–water partition coefficient (Wildman–Crippen LogP) is 12.2. The third kappa shape index (κ3) is 4.65.